The molecule has 1 heterocycles. The number of nitrogens with two attached hydrogens (primary N) is 1. The minimum absolute atomic E-state index is 0.230. The van der Waals surface area contributed by atoms with E-state index < -0.39 is 5.54 Å². The molecule has 1 saturated heterocycles. The van der Waals surface area contributed by atoms with Gasteiger partial charge in [-0.25, -0.2) is 0 Å². The molecular weight excluding hydrogens is 284 g/mol. The Balaban J connectivity index is 2.31. The van der Waals surface area contributed by atoms with Crippen LogP contribution in [-0.4, -0.2) is 24.2 Å². The molecule has 3 N–H and O–H groups in total. The van der Waals surface area contributed by atoms with E-state index in [-0.39, 0.29) is 12.0 Å². The zero-order valence-corrected chi connectivity index (χ0v) is 11.2. The summed E-state index contributed by atoms with van der Waals surface area (Å²) in [6.45, 7) is 2.41. The van der Waals surface area contributed by atoms with E-state index in [1.807, 2.05) is 31.2 Å². The monoisotopic (exact) mass is 298 g/mol. The van der Waals surface area contributed by atoms with Gasteiger partial charge in [0, 0.05) is 23.2 Å². The van der Waals surface area contributed by atoms with Gasteiger partial charge < -0.3 is 15.8 Å². The summed E-state index contributed by atoms with van der Waals surface area (Å²) in [6.07, 6.45) is 0.359. The molecule has 1 aromatic carbocycles. The Morgan fingerprint density at radius 2 is 2.29 bits per heavy atom. The highest BCUT2D eigenvalue weighted by Crippen LogP contribution is 2.32. The van der Waals surface area contributed by atoms with Crippen molar-refractivity contribution in [1.29, 1.82) is 0 Å². The second kappa shape index (κ2) is 4.66. The van der Waals surface area contributed by atoms with Gasteiger partial charge in [0.05, 0.1) is 6.10 Å². The molecule has 1 fully saturated rings. The largest absolute Gasteiger partial charge is 0.375 e. The smallest absolute Gasteiger partial charge is 0.245 e. The number of halogens is 1. The molecular formula is C12H15BrN2O2. The molecule has 0 spiro atoms. The van der Waals surface area contributed by atoms with Gasteiger partial charge in [0.2, 0.25) is 5.91 Å². The first kappa shape index (κ1) is 12.4. The number of hydrogen-bond donors (Lipinski definition) is 2. The van der Waals surface area contributed by atoms with Crippen LogP contribution < -0.4 is 11.1 Å². The molecule has 2 unspecified atom stereocenters. The molecule has 2 atom stereocenters. The van der Waals surface area contributed by atoms with Crippen molar-refractivity contribution in [1.82, 2.24) is 0 Å². The standard InChI is InChI=1S/C12H15BrN2O2/c1-8-12(11(14)16,6-7-17-8)15-10-5-3-2-4-9(10)13/h2-5,8,15H,6-7H2,1H3,(H2,14,16). The van der Waals surface area contributed by atoms with Crippen molar-refractivity contribution in [2.24, 2.45) is 5.73 Å². The number of anilines is 1. The lowest BCUT2D eigenvalue weighted by Crippen LogP contribution is -2.55. The van der Waals surface area contributed by atoms with Crippen molar-refractivity contribution in [3.63, 3.8) is 0 Å². The Morgan fingerprint density at radius 1 is 1.59 bits per heavy atom. The number of para-hydroxylation sites is 1. The third-order valence-electron chi connectivity index (χ3n) is 3.23. The summed E-state index contributed by atoms with van der Waals surface area (Å²) in [7, 11) is 0. The molecule has 0 bridgehead atoms. The number of primary amides is 1. The lowest BCUT2D eigenvalue weighted by atomic mass is 9.90. The van der Waals surface area contributed by atoms with E-state index in [1.165, 1.54) is 0 Å². The fourth-order valence-electron chi connectivity index (χ4n) is 2.09. The van der Waals surface area contributed by atoms with Crippen molar-refractivity contribution < 1.29 is 9.53 Å². The molecule has 17 heavy (non-hydrogen) atoms. The van der Waals surface area contributed by atoms with Gasteiger partial charge in [-0.15, -0.1) is 0 Å². The van der Waals surface area contributed by atoms with Crippen LogP contribution in [0.15, 0.2) is 28.7 Å². The molecule has 92 valence electrons. The number of amides is 1. The fourth-order valence-corrected chi connectivity index (χ4v) is 2.48. The van der Waals surface area contributed by atoms with Crippen molar-refractivity contribution in [2.45, 2.75) is 25.0 Å². The highest BCUT2D eigenvalue weighted by atomic mass is 79.9. The number of hydrogen-bond acceptors (Lipinski definition) is 3. The first-order valence-electron chi connectivity index (χ1n) is 5.50. The van der Waals surface area contributed by atoms with E-state index >= 15 is 0 Å². The SMILES string of the molecule is CC1OCCC1(Nc1ccccc1Br)C(N)=O. The topological polar surface area (TPSA) is 64.3 Å². The third-order valence-corrected chi connectivity index (χ3v) is 3.92. The van der Waals surface area contributed by atoms with Crippen LogP contribution in [0.2, 0.25) is 0 Å². The number of carbonyl (C=O) groups is 1. The van der Waals surface area contributed by atoms with Gasteiger partial charge in [-0.3, -0.25) is 4.79 Å². The maximum Gasteiger partial charge on any atom is 0.245 e. The number of rotatable bonds is 3. The van der Waals surface area contributed by atoms with E-state index in [4.69, 9.17) is 10.5 Å². The number of ether oxygens (including phenoxy) is 1. The van der Waals surface area contributed by atoms with Gasteiger partial charge in [0.25, 0.3) is 0 Å². The second-order valence-electron chi connectivity index (χ2n) is 4.20. The Labute approximate surface area is 109 Å². The zero-order valence-electron chi connectivity index (χ0n) is 9.57. The van der Waals surface area contributed by atoms with Gasteiger partial charge in [0.1, 0.15) is 5.54 Å². The molecule has 5 heteroatoms. The lowest BCUT2D eigenvalue weighted by molar-refractivity contribution is -0.123. The molecule has 4 nitrogen and oxygen atoms in total. The van der Waals surface area contributed by atoms with E-state index in [9.17, 15) is 4.79 Å². The summed E-state index contributed by atoms with van der Waals surface area (Å²) in [4.78, 5) is 11.7. The molecule has 2 rings (SSSR count). The maximum atomic E-state index is 11.7. The van der Waals surface area contributed by atoms with Crippen LogP contribution in [0.1, 0.15) is 13.3 Å². The highest BCUT2D eigenvalue weighted by Gasteiger charge is 2.47. The summed E-state index contributed by atoms with van der Waals surface area (Å²) < 4.78 is 6.37. The lowest BCUT2D eigenvalue weighted by Gasteiger charge is -2.31. The highest BCUT2D eigenvalue weighted by molar-refractivity contribution is 9.10. The Hall–Kier alpha value is -1.07. The molecule has 1 aromatic rings. The van der Waals surface area contributed by atoms with Gasteiger partial charge in [-0.1, -0.05) is 12.1 Å². The minimum Gasteiger partial charge on any atom is -0.375 e. The quantitative estimate of drug-likeness (QED) is 0.896. The van der Waals surface area contributed by atoms with E-state index in [0.29, 0.717) is 13.0 Å². The molecule has 0 radical (unpaired) electrons. The van der Waals surface area contributed by atoms with Crippen LogP contribution in [0.5, 0.6) is 0 Å². The van der Waals surface area contributed by atoms with Crippen LogP contribution in [0.25, 0.3) is 0 Å². The fraction of sp³-hybridized carbons (Fsp3) is 0.417. The van der Waals surface area contributed by atoms with Crippen molar-refractivity contribution in [2.75, 3.05) is 11.9 Å². The minimum atomic E-state index is -0.816. The van der Waals surface area contributed by atoms with Gasteiger partial charge in [-0.05, 0) is 35.0 Å². The average Bonchev–Trinajstić information content (AvgIpc) is 2.65. The van der Waals surface area contributed by atoms with Crippen molar-refractivity contribution in [3.05, 3.63) is 28.7 Å². The summed E-state index contributed by atoms with van der Waals surface area (Å²) in [5, 5.41) is 3.23. The summed E-state index contributed by atoms with van der Waals surface area (Å²) in [5.41, 5.74) is 5.56. The normalized spacial score (nSPS) is 28.0. The van der Waals surface area contributed by atoms with Gasteiger partial charge in [0.15, 0.2) is 0 Å². The first-order chi connectivity index (χ1) is 8.06. The maximum absolute atomic E-state index is 11.7. The molecule has 0 saturated carbocycles. The van der Waals surface area contributed by atoms with Crippen molar-refractivity contribution in [3.8, 4) is 0 Å². The summed E-state index contributed by atoms with van der Waals surface area (Å²) >= 11 is 3.44. The molecule has 0 aromatic heterocycles. The van der Waals surface area contributed by atoms with Crippen LogP contribution in [0.3, 0.4) is 0 Å². The Morgan fingerprint density at radius 3 is 2.82 bits per heavy atom. The zero-order chi connectivity index (χ0) is 12.5. The molecule has 1 aliphatic heterocycles. The molecule has 1 aliphatic rings. The predicted molar refractivity (Wildman–Crippen MR) is 69.7 cm³/mol. The average molecular weight is 299 g/mol. The van der Waals surface area contributed by atoms with Crippen LogP contribution in [-0.2, 0) is 9.53 Å². The van der Waals surface area contributed by atoms with E-state index in [1.54, 1.807) is 0 Å². The summed E-state index contributed by atoms with van der Waals surface area (Å²) in [5.74, 6) is -0.377. The first-order valence-corrected chi connectivity index (χ1v) is 6.30. The number of benzene rings is 1. The second-order valence-corrected chi connectivity index (χ2v) is 5.06. The van der Waals surface area contributed by atoms with Gasteiger partial charge in [-0.2, -0.15) is 0 Å². The number of nitrogens with one attached hydrogen (secondary N) is 1. The predicted octanol–water partition coefficient (Wildman–Crippen LogP) is 1.89. The van der Waals surface area contributed by atoms with Crippen LogP contribution in [0, 0.1) is 0 Å². The van der Waals surface area contributed by atoms with Crippen LogP contribution in [0.4, 0.5) is 5.69 Å². The van der Waals surface area contributed by atoms with E-state index in [2.05, 4.69) is 21.2 Å². The Bertz CT molecular complexity index is 438. The third kappa shape index (κ3) is 2.17. The van der Waals surface area contributed by atoms with E-state index in [0.717, 1.165) is 10.2 Å². The summed E-state index contributed by atoms with van der Waals surface area (Å²) in [6, 6.07) is 7.64. The van der Waals surface area contributed by atoms with Gasteiger partial charge >= 0.3 is 0 Å². The molecule has 1 amide bonds. The molecule has 0 aliphatic carbocycles. The van der Waals surface area contributed by atoms with Crippen molar-refractivity contribution >= 4 is 27.5 Å². The Kier molecular flexibility index (Phi) is 3.40. The number of carbonyl (C=O) groups excluding carboxylic acids is 1. The van der Waals surface area contributed by atoms with Crippen LogP contribution >= 0.6 is 15.9 Å².